The molecule has 4 rings (SSSR count). The van der Waals surface area contributed by atoms with E-state index in [1.165, 1.54) is 11.0 Å². The lowest BCUT2D eigenvalue weighted by atomic mass is 9.75. The normalized spacial score (nSPS) is 28.4. The fourth-order valence-electron chi connectivity index (χ4n) is 3.90. The van der Waals surface area contributed by atoms with E-state index in [-0.39, 0.29) is 36.3 Å². The van der Waals surface area contributed by atoms with Crippen LogP contribution >= 0.6 is 0 Å². The van der Waals surface area contributed by atoms with Crippen molar-refractivity contribution >= 4 is 18.5 Å². The topological polar surface area (TPSA) is 38.8 Å². The minimum absolute atomic E-state index is 0.0635. The van der Waals surface area contributed by atoms with Gasteiger partial charge in [0.05, 0.1) is 29.9 Å². The van der Waals surface area contributed by atoms with Gasteiger partial charge >= 0.3 is 13.3 Å². The van der Waals surface area contributed by atoms with Gasteiger partial charge in [0.15, 0.2) is 0 Å². The van der Waals surface area contributed by atoms with E-state index in [1.807, 2.05) is 0 Å². The summed E-state index contributed by atoms with van der Waals surface area (Å²) >= 11 is 0. The zero-order chi connectivity index (χ0) is 21.4. The number of hydrogen-bond acceptors (Lipinski definition) is 3. The van der Waals surface area contributed by atoms with Crippen LogP contribution in [0.15, 0.2) is 18.2 Å². The molecule has 1 aromatic carbocycles. The second kappa shape index (κ2) is 6.44. The summed E-state index contributed by atoms with van der Waals surface area (Å²) < 4.78 is 66.0. The molecule has 158 valence electrons. The highest BCUT2D eigenvalue weighted by Crippen LogP contribution is 2.50. The van der Waals surface area contributed by atoms with Gasteiger partial charge in [-0.15, -0.1) is 0 Å². The van der Waals surface area contributed by atoms with Gasteiger partial charge in [0.1, 0.15) is 6.17 Å². The molecule has 1 aromatic rings. The molecule has 0 radical (unpaired) electrons. The highest BCUT2D eigenvalue weighted by molar-refractivity contribution is 6.62. The van der Waals surface area contributed by atoms with Gasteiger partial charge in [-0.2, -0.15) is 13.2 Å². The van der Waals surface area contributed by atoms with Crippen molar-refractivity contribution in [1.29, 1.82) is 0 Å². The van der Waals surface area contributed by atoms with Crippen LogP contribution in [0.2, 0.25) is 0 Å². The van der Waals surface area contributed by atoms with Gasteiger partial charge in [-0.3, -0.25) is 4.79 Å². The number of halogens is 4. The molecular formula is C20H24BF4NO3. The zero-order valence-corrected chi connectivity index (χ0v) is 16.8. The standard InChI is InChI=1S/C20H24BF4NO3/c1-18(2)19(3,4)29-21(28-18)16-6-5-11(7-15(16)20(23,24)25)13-8-14(13)17(27)26-9-12(22)10-26/h5-7,12-14H,8-10H2,1-4H3. The SMILES string of the molecule is CC1(C)OB(c2ccc(C3CC3C(=O)N3CC(F)C3)cc2C(F)(F)F)OC1(C)C. The molecule has 2 atom stereocenters. The van der Waals surface area contributed by atoms with E-state index in [9.17, 15) is 22.4 Å². The van der Waals surface area contributed by atoms with Gasteiger partial charge in [0, 0.05) is 5.92 Å². The average Bonchev–Trinajstić information content (AvgIpc) is 3.32. The van der Waals surface area contributed by atoms with E-state index in [1.54, 1.807) is 33.8 Å². The van der Waals surface area contributed by atoms with Crippen LogP contribution in [0.4, 0.5) is 17.6 Å². The van der Waals surface area contributed by atoms with E-state index in [4.69, 9.17) is 9.31 Å². The van der Waals surface area contributed by atoms with Crippen molar-refractivity contribution in [2.45, 2.75) is 63.6 Å². The summed E-state index contributed by atoms with van der Waals surface area (Å²) in [5.74, 6) is -0.812. The molecule has 9 heteroatoms. The number of alkyl halides is 4. The fourth-order valence-corrected chi connectivity index (χ4v) is 3.90. The first-order valence-electron chi connectivity index (χ1n) is 9.80. The molecule has 1 saturated carbocycles. The van der Waals surface area contributed by atoms with Crippen LogP contribution < -0.4 is 5.46 Å². The number of carbonyl (C=O) groups is 1. The van der Waals surface area contributed by atoms with Gasteiger partial charge in [0.2, 0.25) is 5.91 Å². The predicted octanol–water partition coefficient (Wildman–Crippen LogP) is 3.29. The Hall–Kier alpha value is -1.61. The maximum atomic E-state index is 13.8. The maximum Gasteiger partial charge on any atom is 0.495 e. The van der Waals surface area contributed by atoms with Gasteiger partial charge < -0.3 is 14.2 Å². The molecule has 0 N–H and O–H groups in total. The Bertz CT molecular complexity index is 820. The van der Waals surface area contributed by atoms with Gasteiger partial charge in [-0.25, -0.2) is 4.39 Å². The van der Waals surface area contributed by atoms with Gasteiger partial charge in [0.25, 0.3) is 0 Å². The average molecular weight is 413 g/mol. The summed E-state index contributed by atoms with van der Waals surface area (Å²) in [5, 5.41) is 0. The molecule has 0 bridgehead atoms. The van der Waals surface area contributed by atoms with E-state index in [0.717, 1.165) is 6.07 Å². The van der Waals surface area contributed by atoms with Crippen molar-refractivity contribution in [3.63, 3.8) is 0 Å². The number of carbonyl (C=O) groups excluding carboxylic acids is 1. The van der Waals surface area contributed by atoms with Crippen LogP contribution in [0.3, 0.4) is 0 Å². The fraction of sp³-hybridized carbons (Fsp3) is 0.650. The highest BCUT2D eigenvalue weighted by atomic mass is 19.4. The minimum atomic E-state index is -4.58. The smallest absolute Gasteiger partial charge is 0.399 e. The van der Waals surface area contributed by atoms with Crippen LogP contribution in [0, 0.1) is 5.92 Å². The van der Waals surface area contributed by atoms with Crippen molar-refractivity contribution in [1.82, 2.24) is 4.90 Å². The van der Waals surface area contributed by atoms with Gasteiger partial charge in [-0.05, 0) is 57.1 Å². The molecule has 2 aliphatic heterocycles. The number of likely N-dealkylation sites (tertiary alicyclic amines) is 1. The van der Waals surface area contributed by atoms with Crippen LogP contribution in [0.1, 0.15) is 51.2 Å². The monoisotopic (exact) mass is 413 g/mol. The van der Waals surface area contributed by atoms with E-state index >= 15 is 0 Å². The molecule has 3 aliphatic rings. The quantitative estimate of drug-likeness (QED) is 0.564. The van der Waals surface area contributed by atoms with E-state index in [2.05, 4.69) is 0 Å². The zero-order valence-electron chi connectivity index (χ0n) is 16.8. The first-order chi connectivity index (χ1) is 13.3. The van der Waals surface area contributed by atoms with Crippen molar-refractivity contribution in [3.05, 3.63) is 29.3 Å². The second-order valence-corrected chi connectivity index (χ2v) is 9.22. The number of hydrogen-bond donors (Lipinski definition) is 0. The van der Waals surface area contributed by atoms with Crippen LogP contribution in [0.5, 0.6) is 0 Å². The summed E-state index contributed by atoms with van der Waals surface area (Å²) in [5.41, 5.74) is -1.91. The Labute approximate surface area is 167 Å². The third-order valence-corrected chi connectivity index (χ3v) is 6.57. The van der Waals surface area contributed by atoms with Crippen LogP contribution in [0.25, 0.3) is 0 Å². The molecule has 1 aliphatic carbocycles. The lowest BCUT2D eigenvalue weighted by Gasteiger charge is -2.34. The van der Waals surface area contributed by atoms with Crippen LogP contribution in [-0.2, 0) is 20.3 Å². The molecule has 0 aromatic heterocycles. The first kappa shape index (κ1) is 20.7. The van der Waals surface area contributed by atoms with Crippen molar-refractivity contribution in [3.8, 4) is 0 Å². The molecule has 4 nitrogen and oxygen atoms in total. The number of benzene rings is 1. The molecule has 3 fully saturated rings. The number of nitrogens with zero attached hydrogens (tertiary/aromatic N) is 1. The second-order valence-electron chi connectivity index (χ2n) is 9.22. The number of rotatable bonds is 3. The molecule has 2 saturated heterocycles. The first-order valence-corrected chi connectivity index (χ1v) is 9.80. The third kappa shape index (κ3) is 3.56. The Morgan fingerprint density at radius 1 is 1.14 bits per heavy atom. The Kier molecular flexibility index (Phi) is 4.59. The molecule has 2 unspecified atom stereocenters. The summed E-state index contributed by atoms with van der Waals surface area (Å²) in [4.78, 5) is 13.7. The predicted molar refractivity (Wildman–Crippen MR) is 99.5 cm³/mol. The Morgan fingerprint density at radius 2 is 1.72 bits per heavy atom. The van der Waals surface area contributed by atoms with Crippen molar-refractivity contribution in [2.75, 3.05) is 13.1 Å². The summed E-state index contributed by atoms with van der Waals surface area (Å²) in [6, 6.07) is 4.11. The lowest BCUT2D eigenvalue weighted by molar-refractivity contribution is -0.139. The molecule has 0 spiro atoms. The summed E-state index contributed by atoms with van der Waals surface area (Å²) in [6.45, 7) is 7.30. The van der Waals surface area contributed by atoms with Crippen molar-refractivity contribution in [2.24, 2.45) is 5.92 Å². The minimum Gasteiger partial charge on any atom is -0.399 e. The van der Waals surface area contributed by atoms with E-state index in [0.29, 0.717) is 12.0 Å². The van der Waals surface area contributed by atoms with Crippen molar-refractivity contribution < 1.29 is 31.7 Å². The van der Waals surface area contributed by atoms with Crippen LogP contribution in [-0.4, -0.2) is 48.4 Å². The molecular weight excluding hydrogens is 389 g/mol. The van der Waals surface area contributed by atoms with Gasteiger partial charge in [-0.1, -0.05) is 12.1 Å². The summed E-state index contributed by atoms with van der Waals surface area (Å²) in [7, 11) is -1.12. The molecule has 29 heavy (non-hydrogen) atoms. The Morgan fingerprint density at radius 3 is 2.24 bits per heavy atom. The maximum absolute atomic E-state index is 13.8. The largest absolute Gasteiger partial charge is 0.495 e. The highest BCUT2D eigenvalue weighted by Gasteiger charge is 2.54. The Balaban J connectivity index is 1.58. The van der Waals surface area contributed by atoms with E-state index < -0.39 is 36.2 Å². The number of amides is 1. The third-order valence-electron chi connectivity index (χ3n) is 6.57. The lowest BCUT2D eigenvalue weighted by Crippen LogP contribution is -2.52. The molecule has 1 amide bonds. The molecule has 2 heterocycles. The summed E-state index contributed by atoms with van der Waals surface area (Å²) in [6.07, 6.45) is -5.09.